The molecule has 0 radical (unpaired) electrons. The van der Waals surface area contributed by atoms with Crippen LogP contribution in [0.3, 0.4) is 0 Å². The molecule has 2 heterocycles. The molecule has 6 nitrogen and oxygen atoms in total. The Morgan fingerprint density at radius 3 is 2.81 bits per heavy atom. The Morgan fingerprint density at radius 1 is 1.43 bits per heavy atom. The normalized spacial score (nSPS) is 11.9. The van der Waals surface area contributed by atoms with Crippen LogP contribution in [-0.2, 0) is 11.2 Å². The molecule has 112 valence electrons. The zero-order chi connectivity index (χ0) is 15.6. The number of aryl methyl sites for hydroxylation is 2. The Kier molecular flexibility index (Phi) is 4.52. The first-order valence-electron chi connectivity index (χ1n) is 6.73. The van der Waals surface area contributed by atoms with Crippen molar-refractivity contribution in [1.29, 1.82) is 0 Å². The summed E-state index contributed by atoms with van der Waals surface area (Å²) >= 11 is 1.47. The van der Waals surface area contributed by atoms with Crippen LogP contribution in [0, 0.1) is 13.8 Å². The molecule has 0 aliphatic rings. The number of hydrazone groups is 1. The first-order valence-corrected chi connectivity index (χ1v) is 7.55. The first-order chi connectivity index (χ1) is 9.92. The van der Waals surface area contributed by atoms with Gasteiger partial charge >= 0.3 is 0 Å². The highest BCUT2D eigenvalue weighted by molar-refractivity contribution is 7.18. The van der Waals surface area contributed by atoms with Gasteiger partial charge in [0.05, 0.1) is 11.8 Å². The number of nitrogens with one attached hydrogen (secondary N) is 2. The predicted molar refractivity (Wildman–Crippen MR) is 85.0 cm³/mol. The fourth-order valence-electron chi connectivity index (χ4n) is 1.81. The van der Waals surface area contributed by atoms with Gasteiger partial charge < -0.3 is 4.98 Å². The van der Waals surface area contributed by atoms with Gasteiger partial charge in [0.25, 0.3) is 5.56 Å². The van der Waals surface area contributed by atoms with Crippen LogP contribution in [-0.4, -0.2) is 21.6 Å². The summed E-state index contributed by atoms with van der Waals surface area (Å²) in [7, 11) is 0. The molecule has 2 aromatic rings. The largest absolute Gasteiger partial charge is 0.309 e. The summed E-state index contributed by atoms with van der Waals surface area (Å²) in [6.07, 6.45) is 0.775. The Balaban J connectivity index is 2.24. The van der Waals surface area contributed by atoms with E-state index in [2.05, 4.69) is 20.5 Å². The molecule has 0 unspecified atom stereocenters. The molecule has 7 heteroatoms. The van der Waals surface area contributed by atoms with Gasteiger partial charge in [-0.15, -0.1) is 11.3 Å². The van der Waals surface area contributed by atoms with Crippen molar-refractivity contribution in [3.05, 3.63) is 26.6 Å². The zero-order valence-electron chi connectivity index (χ0n) is 12.5. The van der Waals surface area contributed by atoms with Crippen molar-refractivity contribution in [2.24, 2.45) is 5.10 Å². The van der Waals surface area contributed by atoms with E-state index in [4.69, 9.17) is 0 Å². The summed E-state index contributed by atoms with van der Waals surface area (Å²) in [5.41, 5.74) is 4.04. The number of fused-ring (bicyclic) bond motifs is 1. The summed E-state index contributed by atoms with van der Waals surface area (Å²) in [5.74, 6) is 0.0610. The third kappa shape index (κ3) is 3.36. The third-order valence-corrected chi connectivity index (χ3v) is 4.40. The maximum absolute atomic E-state index is 12.1. The quantitative estimate of drug-likeness (QED) is 0.669. The highest BCUT2D eigenvalue weighted by atomic mass is 32.1. The number of aromatic amines is 1. The number of rotatable bonds is 4. The molecule has 2 rings (SSSR count). The van der Waals surface area contributed by atoms with Gasteiger partial charge in [-0.25, -0.2) is 10.4 Å². The van der Waals surface area contributed by atoms with Gasteiger partial charge in [0, 0.05) is 10.6 Å². The Bertz CT molecular complexity index is 773. The predicted octanol–water partition coefficient (Wildman–Crippen LogP) is 2.05. The van der Waals surface area contributed by atoms with Crippen molar-refractivity contribution in [2.45, 2.75) is 40.5 Å². The second-order valence-corrected chi connectivity index (χ2v) is 6.09. The lowest BCUT2D eigenvalue weighted by molar-refractivity contribution is -0.120. The number of hydrogen-bond acceptors (Lipinski definition) is 5. The molecule has 0 atom stereocenters. The number of aromatic nitrogens is 2. The molecule has 0 saturated heterocycles. The second kappa shape index (κ2) is 6.17. The van der Waals surface area contributed by atoms with Gasteiger partial charge in [-0.1, -0.05) is 6.92 Å². The lowest BCUT2D eigenvalue weighted by Gasteiger charge is -2.01. The van der Waals surface area contributed by atoms with Gasteiger partial charge in [-0.05, 0) is 32.8 Å². The monoisotopic (exact) mass is 306 g/mol. The number of hydrogen-bond donors (Lipinski definition) is 2. The summed E-state index contributed by atoms with van der Waals surface area (Å²) < 4.78 is 0. The van der Waals surface area contributed by atoms with E-state index in [-0.39, 0.29) is 17.9 Å². The van der Waals surface area contributed by atoms with E-state index >= 15 is 0 Å². The van der Waals surface area contributed by atoms with E-state index in [9.17, 15) is 9.59 Å². The van der Waals surface area contributed by atoms with Crippen LogP contribution in [0.4, 0.5) is 0 Å². The molecule has 21 heavy (non-hydrogen) atoms. The molecule has 2 N–H and O–H groups in total. The minimum absolute atomic E-state index is 0.00166. The molecule has 0 aromatic carbocycles. The van der Waals surface area contributed by atoms with E-state index in [1.54, 1.807) is 0 Å². The minimum atomic E-state index is -0.296. The summed E-state index contributed by atoms with van der Waals surface area (Å²) in [6.45, 7) is 7.65. The average molecular weight is 306 g/mol. The van der Waals surface area contributed by atoms with Crippen LogP contribution in [0.5, 0.6) is 0 Å². The molecule has 0 saturated carbocycles. The van der Waals surface area contributed by atoms with Crippen LogP contribution in [0.1, 0.15) is 36.5 Å². The van der Waals surface area contributed by atoms with Crippen LogP contribution in [0.25, 0.3) is 10.2 Å². The number of amides is 1. The smallest absolute Gasteiger partial charge is 0.259 e. The molecular weight excluding hydrogens is 288 g/mol. The number of H-pyrrole nitrogens is 1. The highest BCUT2D eigenvalue weighted by Crippen LogP contribution is 2.25. The van der Waals surface area contributed by atoms with E-state index in [1.165, 1.54) is 11.3 Å². The molecular formula is C14H18N4O2S. The van der Waals surface area contributed by atoms with Crippen LogP contribution < -0.4 is 11.0 Å². The van der Waals surface area contributed by atoms with Gasteiger partial charge in [0.1, 0.15) is 10.7 Å². The maximum atomic E-state index is 12.1. The topological polar surface area (TPSA) is 87.2 Å². The summed E-state index contributed by atoms with van der Waals surface area (Å²) in [4.78, 5) is 32.6. The Morgan fingerprint density at radius 2 is 2.14 bits per heavy atom. The Labute approximate surface area is 126 Å². The fraction of sp³-hybridized carbons (Fsp3) is 0.429. The van der Waals surface area contributed by atoms with E-state index < -0.39 is 0 Å². The lowest BCUT2D eigenvalue weighted by Crippen LogP contribution is -2.23. The van der Waals surface area contributed by atoms with Crippen LogP contribution >= 0.6 is 11.3 Å². The molecule has 0 aliphatic heterocycles. The highest BCUT2D eigenvalue weighted by Gasteiger charge is 2.13. The van der Waals surface area contributed by atoms with Gasteiger partial charge in [0.2, 0.25) is 5.91 Å². The van der Waals surface area contributed by atoms with Gasteiger partial charge in [0.15, 0.2) is 0 Å². The number of nitrogens with zero attached hydrogens (tertiary/aromatic N) is 2. The molecule has 0 bridgehead atoms. The second-order valence-electron chi connectivity index (χ2n) is 4.89. The number of thiophene rings is 1. The number of carbonyl (C=O) groups is 1. The van der Waals surface area contributed by atoms with Crippen molar-refractivity contribution in [3.63, 3.8) is 0 Å². The van der Waals surface area contributed by atoms with E-state index in [0.29, 0.717) is 16.0 Å². The molecule has 0 fully saturated rings. The SMILES string of the molecule is CC/C(C)=N\NC(=O)Cc1nc2sc(C)c(C)c2c(=O)[nH]1. The van der Waals surface area contributed by atoms with Crippen molar-refractivity contribution in [3.8, 4) is 0 Å². The van der Waals surface area contributed by atoms with Crippen molar-refractivity contribution >= 4 is 33.2 Å². The lowest BCUT2D eigenvalue weighted by atomic mass is 10.2. The molecule has 0 spiro atoms. The molecule has 0 aliphatic carbocycles. The van der Waals surface area contributed by atoms with E-state index in [1.807, 2.05) is 27.7 Å². The molecule has 2 aromatic heterocycles. The van der Waals surface area contributed by atoms with Gasteiger partial charge in [-0.2, -0.15) is 5.10 Å². The standard InChI is InChI=1S/C14H18N4O2S/c1-5-7(2)17-18-11(19)6-10-15-13(20)12-8(3)9(4)21-14(12)16-10/h5-6H2,1-4H3,(H,18,19)(H,15,16,20)/b17-7-. The maximum Gasteiger partial charge on any atom is 0.259 e. The van der Waals surface area contributed by atoms with Crippen molar-refractivity contribution in [1.82, 2.24) is 15.4 Å². The van der Waals surface area contributed by atoms with Gasteiger partial charge in [-0.3, -0.25) is 9.59 Å². The summed E-state index contributed by atoms with van der Waals surface area (Å²) in [6, 6.07) is 0. The molecule has 1 amide bonds. The van der Waals surface area contributed by atoms with Crippen molar-refractivity contribution in [2.75, 3.05) is 0 Å². The zero-order valence-corrected chi connectivity index (χ0v) is 13.3. The first kappa shape index (κ1) is 15.4. The van der Waals surface area contributed by atoms with Crippen LogP contribution in [0.15, 0.2) is 9.90 Å². The minimum Gasteiger partial charge on any atom is -0.309 e. The number of carbonyl (C=O) groups excluding carboxylic acids is 1. The van der Waals surface area contributed by atoms with Crippen LogP contribution in [0.2, 0.25) is 0 Å². The average Bonchev–Trinajstić information content (AvgIpc) is 2.71. The van der Waals surface area contributed by atoms with E-state index in [0.717, 1.165) is 22.6 Å². The summed E-state index contributed by atoms with van der Waals surface area (Å²) in [5, 5.41) is 4.55. The Hall–Kier alpha value is -2.02. The third-order valence-electron chi connectivity index (χ3n) is 3.30. The fourth-order valence-corrected chi connectivity index (χ4v) is 2.86. The van der Waals surface area contributed by atoms with Crippen molar-refractivity contribution < 1.29 is 4.79 Å².